The van der Waals surface area contributed by atoms with Crippen LogP contribution in [0.5, 0.6) is 0 Å². The third-order valence-electron chi connectivity index (χ3n) is 2.49. The summed E-state index contributed by atoms with van der Waals surface area (Å²) in [6.45, 7) is 6.24. The molecule has 1 rings (SSSR count). The van der Waals surface area contributed by atoms with E-state index >= 15 is 0 Å². The summed E-state index contributed by atoms with van der Waals surface area (Å²) in [7, 11) is 0. The van der Waals surface area contributed by atoms with Crippen LogP contribution in [0.1, 0.15) is 37.6 Å². The van der Waals surface area contributed by atoms with Crippen molar-refractivity contribution in [3.8, 4) is 0 Å². The summed E-state index contributed by atoms with van der Waals surface area (Å²) in [5, 5.41) is 1.12. The molecule has 3 heteroatoms. The van der Waals surface area contributed by atoms with Crippen LogP contribution in [-0.4, -0.2) is 16.3 Å². The maximum Gasteiger partial charge on any atom is 0.175 e. The molecule has 16 heavy (non-hydrogen) atoms. The van der Waals surface area contributed by atoms with Gasteiger partial charge >= 0.3 is 0 Å². The second-order valence-electron chi connectivity index (χ2n) is 3.87. The van der Waals surface area contributed by atoms with E-state index in [-0.39, 0.29) is 11.0 Å². The van der Waals surface area contributed by atoms with Gasteiger partial charge in [-0.05, 0) is 25.5 Å². The number of hydrogen-bond acceptors (Lipinski definition) is 2. The minimum atomic E-state index is -0.00610. The molecule has 2 atom stereocenters. The Morgan fingerprint density at radius 2 is 2.12 bits per heavy atom. The van der Waals surface area contributed by atoms with E-state index in [1.54, 1.807) is 23.9 Å². The Hall–Kier alpha value is -0.470. The zero-order valence-electron chi connectivity index (χ0n) is 9.87. The molecule has 0 N–H and O–H groups in total. The maximum atomic E-state index is 12.1. The maximum absolute atomic E-state index is 12.1. The SMILES string of the molecule is CCC(C)SC(C)C(=O)c1cccc(Cl)c1. The van der Waals surface area contributed by atoms with Gasteiger partial charge in [0.1, 0.15) is 0 Å². The normalized spacial score (nSPS) is 14.5. The van der Waals surface area contributed by atoms with Gasteiger partial charge in [-0.1, -0.05) is 37.6 Å². The van der Waals surface area contributed by atoms with Gasteiger partial charge < -0.3 is 0 Å². The molecule has 1 aromatic rings. The van der Waals surface area contributed by atoms with E-state index in [0.29, 0.717) is 15.8 Å². The molecule has 0 fully saturated rings. The van der Waals surface area contributed by atoms with Crippen molar-refractivity contribution in [2.45, 2.75) is 37.7 Å². The number of thioether (sulfide) groups is 1. The molecule has 0 amide bonds. The lowest BCUT2D eigenvalue weighted by Crippen LogP contribution is -2.16. The van der Waals surface area contributed by atoms with Gasteiger partial charge in [0.25, 0.3) is 0 Å². The molecule has 0 saturated carbocycles. The molecule has 0 aliphatic rings. The standard InChI is InChI=1S/C13H17ClOS/c1-4-9(2)16-10(3)13(15)11-6-5-7-12(14)8-11/h5-10H,4H2,1-3H3. The summed E-state index contributed by atoms with van der Waals surface area (Å²) in [6, 6.07) is 7.15. The lowest BCUT2D eigenvalue weighted by Gasteiger charge is -2.14. The van der Waals surface area contributed by atoms with Gasteiger partial charge in [0.15, 0.2) is 5.78 Å². The van der Waals surface area contributed by atoms with E-state index in [4.69, 9.17) is 11.6 Å². The van der Waals surface area contributed by atoms with E-state index < -0.39 is 0 Å². The van der Waals surface area contributed by atoms with E-state index in [0.717, 1.165) is 6.42 Å². The second-order valence-corrected chi connectivity index (χ2v) is 6.09. The Bertz CT molecular complexity index is 365. The summed E-state index contributed by atoms with van der Waals surface area (Å²) in [4.78, 5) is 12.1. The van der Waals surface area contributed by atoms with Crippen LogP contribution in [0.3, 0.4) is 0 Å². The van der Waals surface area contributed by atoms with Crippen LogP contribution in [0.2, 0.25) is 5.02 Å². The highest BCUT2D eigenvalue weighted by Gasteiger charge is 2.17. The highest BCUT2D eigenvalue weighted by atomic mass is 35.5. The van der Waals surface area contributed by atoms with E-state index in [2.05, 4.69) is 13.8 Å². The summed E-state index contributed by atoms with van der Waals surface area (Å²) >= 11 is 7.58. The van der Waals surface area contributed by atoms with Crippen molar-refractivity contribution in [2.24, 2.45) is 0 Å². The summed E-state index contributed by atoms with van der Waals surface area (Å²) < 4.78 is 0. The topological polar surface area (TPSA) is 17.1 Å². The minimum absolute atomic E-state index is 0.00610. The van der Waals surface area contributed by atoms with Crippen molar-refractivity contribution in [1.82, 2.24) is 0 Å². The van der Waals surface area contributed by atoms with Crippen LogP contribution >= 0.6 is 23.4 Å². The van der Waals surface area contributed by atoms with Crippen LogP contribution in [0.25, 0.3) is 0 Å². The average molecular weight is 257 g/mol. The van der Waals surface area contributed by atoms with Crippen molar-refractivity contribution in [2.75, 3.05) is 0 Å². The zero-order chi connectivity index (χ0) is 12.1. The predicted molar refractivity (Wildman–Crippen MR) is 72.6 cm³/mol. The van der Waals surface area contributed by atoms with Crippen LogP contribution < -0.4 is 0 Å². The van der Waals surface area contributed by atoms with Gasteiger partial charge in [-0.3, -0.25) is 4.79 Å². The predicted octanol–water partition coefficient (Wildman–Crippen LogP) is 4.44. The lowest BCUT2D eigenvalue weighted by atomic mass is 10.1. The fraction of sp³-hybridized carbons (Fsp3) is 0.462. The van der Waals surface area contributed by atoms with Crippen molar-refractivity contribution >= 4 is 29.1 Å². The molecular formula is C13H17ClOS. The van der Waals surface area contributed by atoms with E-state index in [1.165, 1.54) is 0 Å². The first-order valence-corrected chi connectivity index (χ1v) is 6.82. The Kier molecular flexibility index (Phi) is 5.36. The number of benzene rings is 1. The van der Waals surface area contributed by atoms with Gasteiger partial charge in [-0.25, -0.2) is 0 Å². The molecule has 0 radical (unpaired) electrons. The van der Waals surface area contributed by atoms with Gasteiger partial charge in [0.2, 0.25) is 0 Å². The Morgan fingerprint density at radius 1 is 1.44 bits per heavy atom. The van der Waals surface area contributed by atoms with Crippen LogP contribution in [0, 0.1) is 0 Å². The van der Waals surface area contributed by atoms with Crippen molar-refractivity contribution in [3.05, 3.63) is 34.9 Å². The third kappa shape index (κ3) is 3.84. The third-order valence-corrected chi connectivity index (χ3v) is 4.15. The number of ketones is 1. The molecule has 0 saturated heterocycles. The van der Waals surface area contributed by atoms with Crippen LogP contribution in [0.15, 0.2) is 24.3 Å². The fourth-order valence-corrected chi connectivity index (χ4v) is 2.72. The fourth-order valence-electron chi connectivity index (χ4n) is 1.38. The second kappa shape index (κ2) is 6.31. The van der Waals surface area contributed by atoms with Gasteiger partial charge in [-0.15, -0.1) is 11.8 Å². The number of rotatable bonds is 5. The van der Waals surface area contributed by atoms with E-state index in [9.17, 15) is 4.79 Å². The molecule has 0 heterocycles. The molecule has 2 unspecified atom stereocenters. The molecule has 0 aliphatic heterocycles. The molecule has 0 bridgehead atoms. The number of carbonyl (C=O) groups is 1. The molecule has 1 aromatic carbocycles. The first-order valence-electron chi connectivity index (χ1n) is 5.49. The minimum Gasteiger partial charge on any atom is -0.293 e. The van der Waals surface area contributed by atoms with E-state index in [1.807, 2.05) is 19.1 Å². The van der Waals surface area contributed by atoms with Gasteiger partial charge in [0.05, 0.1) is 5.25 Å². The Morgan fingerprint density at radius 3 is 2.69 bits per heavy atom. The van der Waals surface area contributed by atoms with Gasteiger partial charge in [-0.2, -0.15) is 0 Å². The molecule has 0 spiro atoms. The molecule has 1 nitrogen and oxygen atoms in total. The first kappa shape index (κ1) is 13.6. The largest absolute Gasteiger partial charge is 0.293 e. The van der Waals surface area contributed by atoms with Gasteiger partial charge in [0, 0.05) is 15.8 Å². The monoisotopic (exact) mass is 256 g/mol. The smallest absolute Gasteiger partial charge is 0.175 e. The molecular weight excluding hydrogens is 240 g/mol. The molecule has 0 aromatic heterocycles. The van der Waals surface area contributed by atoms with Crippen LogP contribution in [-0.2, 0) is 0 Å². The highest BCUT2D eigenvalue weighted by Crippen LogP contribution is 2.23. The average Bonchev–Trinajstić information content (AvgIpc) is 2.27. The summed E-state index contributed by atoms with van der Waals surface area (Å²) in [6.07, 6.45) is 1.08. The van der Waals surface area contributed by atoms with Crippen molar-refractivity contribution < 1.29 is 4.79 Å². The summed E-state index contributed by atoms with van der Waals surface area (Å²) in [5.74, 6) is 0.160. The Balaban J connectivity index is 2.70. The molecule has 0 aliphatic carbocycles. The van der Waals surface area contributed by atoms with Crippen LogP contribution in [0.4, 0.5) is 0 Å². The zero-order valence-corrected chi connectivity index (χ0v) is 11.4. The lowest BCUT2D eigenvalue weighted by molar-refractivity contribution is 0.0994. The number of hydrogen-bond donors (Lipinski definition) is 0. The Labute approximate surface area is 107 Å². The number of Topliss-reactive ketones (excluding diaryl/α,β-unsaturated/α-hetero) is 1. The number of halogens is 1. The molecule has 88 valence electrons. The number of carbonyl (C=O) groups excluding carboxylic acids is 1. The highest BCUT2D eigenvalue weighted by molar-refractivity contribution is 8.01. The quantitative estimate of drug-likeness (QED) is 0.725. The van der Waals surface area contributed by atoms with Crippen molar-refractivity contribution in [1.29, 1.82) is 0 Å². The van der Waals surface area contributed by atoms with Crippen molar-refractivity contribution in [3.63, 3.8) is 0 Å². The first-order chi connectivity index (χ1) is 7.54. The summed E-state index contributed by atoms with van der Waals surface area (Å²) in [5.41, 5.74) is 0.704.